The summed E-state index contributed by atoms with van der Waals surface area (Å²) < 4.78 is 23.2. The molecule has 2 unspecified atom stereocenters. The molecule has 0 aliphatic carbocycles. The third-order valence-electron chi connectivity index (χ3n) is 3.15. The SMILES string of the molecule is O=S1(=O)C2CCC1CC(CCl)C2. The van der Waals surface area contributed by atoms with Crippen LogP contribution in [0.3, 0.4) is 0 Å². The summed E-state index contributed by atoms with van der Waals surface area (Å²) in [6, 6.07) is 0. The molecule has 0 aromatic heterocycles. The average Bonchev–Trinajstić information content (AvgIpc) is 2.29. The Balaban J connectivity index is 2.23. The Bertz CT molecular complexity index is 253. The first-order valence-electron chi connectivity index (χ1n) is 4.43. The number of sulfone groups is 1. The lowest BCUT2D eigenvalue weighted by atomic mass is 10.0. The second kappa shape index (κ2) is 2.88. The molecule has 0 radical (unpaired) electrons. The molecule has 4 heteroatoms. The van der Waals surface area contributed by atoms with E-state index >= 15 is 0 Å². The van der Waals surface area contributed by atoms with E-state index in [4.69, 9.17) is 11.6 Å². The molecule has 0 saturated carbocycles. The molecule has 2 aliphatic heterocycles. The highest BCUT2D eigenvalue weighted by Gasteiger charge is 2.46. The molecule has 2 bridgehead atoms. The Morgan fingerprint density at radius 3 is 2.08 bits per heavy atom. The maximum atomic E-state index is 11.6. The number of hydrogen-bond donors (Lipinski definition) is 0. The summed E-state index contributed by atoms with van der Waals surface area (Å²) >= 11 is 5.74. The predicted octanol–water partition coefficient (Wildman–Crippen LogP) is 1.58. The van der Waals surface area contributed by atoms with E-state index in [9.17, 15) is 8.42 Å². The van der Waals surface area contributed by atoms with Crippen LogP contribution in [0.4, 0.5) is 0 Å². The minimum absolute atomic E-state index is 0.0556. The maximum Gasteiger partial charge on any atom is 0.156 e. The van der Waals surface area contributed by atoms with Crippen LogP contribution < -0.4 is 0 Å². The fraction of sp³-hybridized carbons (Fsp3) is 1.00. The van der Waals surface area contributed by atoms with Gasteiger partial charge in [0.25, 0.3) is 0 Å². The predicted molar refractivity (Wildman–Crippen MR) is 49.2 cm³/mol. The Labute approximate surface area is 78.2 Å². The first-order valence-corrected chi connectivity index (χ1v) is 6.57. The molecule has 70 valence electrons. The molecule has 2 fully saturated rings. The topological polar surface area (TPSA) is 34.1 Å². The van der Waals surface area contributed by atoms with Crippen molar-refractivity contribution in [3.8, 4) is 0 Å². The van der Waals surface area contributed by atoms with Crippen molar-refractivity contribution in [1.82, 2.24) is 0 Å². The van der Waals surface area contributed by atoms with Crippen LogP contribution in [0.25, 0.3) is 0 Å². The van der Waals surface area contributed by atoms with E-state index in [1.54, 1.807) is 0 Å². The normalized spacial score (nSPS) is 44.6. The first-order chi connectivity index (χ1) is 5.64. The van der Waals surface area contributed by atoms with Gasteiger partial charge in [-0.2, -0.15) is 0 Å². The third kappa shape index (κ3) is 1.18. The van der Waals surface area contributed by atoms with Gasteiger partial charge < -0.3 is 0 Å². The van der Waals surface area contributed by atoms with E-state index in [1.807, 2.05) is 0 Å². The van der Waals surface area contributed by atoms with Gasteiger partial charge >= 0.3 is 0 Å². The molecule has 0 aromatic rings. The zero-order valence-electron chi connectivity index (χ0n) is 6.87. The summed E-state index contributed by atoms with van der Waals surface area (Å²) in [6.07, 6.45) is 3.37. The average molecular weight is 209 g/mol. The number of alkyl halides is 1. The van der Waals surface area contributed by atoms with E-state index in [0.29, 0.717) is 11.8 Å². The fourth-order valence-corrected chi connectivity index (χ4v) is 5.25. The molecule has 2 heterocycles. The molecule has 2 atom stereocenters. The summed E-state index contributed by atoms with van der Waals surface area (Å²) in [6.45, 7) is 0. The van der Waals surface area contributed by atoms with Crippen LogP contribution in [0.1, 0.15) is 25.7 Å². The van der Waals surface area contributed by atoms with Gasteiger partial charge in [-0.1, -0.05) is 0 Å². The number of fused-ring (bicyclic) bond motifs is 2. The van der Waals surface area contributed by atoms with Crippen molar-refractivity contribution >= 4 is 21.4 Å². The van der Waals surface area contributed by atoms with Crippen molar-refractivity contribution in [2.45, 2.75) is 36.2 Å². The van der Waals surface area contributed by atoms with Gasteiger partial charge in [-0.3, -0.25) is 0 Å². The highest BCUT2D eigenvalue weighted by molar-refractivity contribution is 7.93. The summed E-state index contributed by atoms with van der Waals surface area (Å²) in [5, 5.41) is -0.111. The summed E-state index contributed by atoms with van der Waals surface area (Å²) in [5.74, 6) is 1.08. The third-order valence-corrected chi connectivity index (χ3v) is 6.30. The molecular weight excluding hydrogens is 196 g/mol. The van der Waals surface area contributed by atoms with Crippen LogP contribution in [0, 0.1) is 5.92 Å². The lowest BCUT2D eigenvalue weighted by Crippen LogP contribution is -2.33. The first kappa shape index (κ1) is 8.82. The zero-order chi connectivity index (χ0) is 8.77. The largest absolute Gasteiger partial charge is 0.228 e. The highest BCUT2D eigenvalue weighted by atomic mass is 35.5. The van der Waals surface area contributed by atoms with Crippen LogP contribution in [0.2, 0.25) is 0 Å². The number of hydrogen-bond acceptors (Lipinski definition) is 2. The van der Waals surface area contributed by atoms with Crippen LogP contribution in [-0.2, 0) is 9.84 Å². The number of halogens is 1. The molecule has 0 N–H and O–H groups in total. The van der Waals surface area contributed by atoms with Gasteiger partial charge in [0.15, 0.2) is 9.84 Å². The summed E-state index contributed by atoms with van der Waals surface area (Å²) in [4.78, 5) is 0. The van der Waals surface area contributed by atoms with Crippen molar-refractivity contribution in [2.24, 2.45) is 5.92 Å². The van der Waals surface area contributed by atoms with Crippen molar-refractivity contribution < 1.29 is 8.42 Å². The smallest absolute Gasteiger partial charge is 0.156 e. The standard InChI is InChI=1S/C8H13ClO2S/c9-5-6-3-7-1-2-8(4-6)12(7,10)11/h6-8H,1-5H2. The fourth-order valence-electron chi connectivity index (χ4n) is 2.44. The van der Waals surface area contributed by atoms with E-state index in [-0.39, 0.29) is 10.5 Å². The van der Waals surface area contributed by atoms with Gasteiger partial charge in [0.05, 0.1) is 10.5 Å². The molecule has 2 saturated heterocycles. The zero-order valence-corrected chi connectivity index (χ0v) is 8.44. The Kier molecular flexibility index (Phi) is 2.11. The molecule has 12 heavy (non-hydrogen) atoms. The van der Waals surface area contributed by atoms with E-state index in [1.165, 1.54) is 0 Å². The Morgan fingerprint density at radius 1 is 1.17 bits per heavy atom. The van der Waals surface area contributed by atoms with Crippen molar-refractivity contribution in [1.29, 1.82) is 0 Å². The minimum Gasteiger partial charge on any atom is -0.228 e. The second-order valence-electron chi connectivity index (χ2n) is 3.90. The quantitative estimate of drug-likeness (QED) is 0.614. The van der Waals surface area contributed by atoms with Gasteiger partial charge in [0.2, 0.25) is 0 Å². The summed E-state index contributed by atoms with van der Waals surface area (Å²) in [7, 11) is -2.73. The molecule has 0 aromatic carbocycles. The minimum atomic E-state index is -2.73. The van der Waals surface area contributed by atoms with Crippen LogP contribution in [-0.4, -0.2) is 24.8 Å². The van der Waals surface area contributed by atoms with E-state index < -0.39 is 9.84 Å². The lowest BCUT2D eigenvalue weighted by Gasteiger charge is -2.26. The van der Waals surface area contributed by atoms with Crippen molar-refractivity contribution in [3.63, 3.8) is 0 Å². The second-order valence-corrected chi connectivity index (χ2v) is 6.72. The maximum absolute atomic E-state index is 11.6. The van der Waals surface area contributed by atoms with Gasteiger partial charge in [0, 0.05) is 5.88 Å². The monoisotopic (exact) mass is 208 g/mol. The number of rotatable bonds is 1. The van der Waals surface area contributed by atoms with Crippen LogP contribution in [0.5, 0.6) is 0 Å². The summed E-state index contributed by atoms with van der Waals surface area (Å²) in [5.41, 5.74) is 0. The lowest BCUT2D eigenvalue weighted by molar-refractivity contribution is 0.461. The molecule has 2 aliphatic rings. The van der Waals surface area contributed by atoms with Crippen LogP contribution in [0.15, 0.2) is 0 Å². The van der Waals surface area contributed by atoms with Crippen molar-refractivity contribution in [2.75, 3.05) is 5.88 Å². The molecule has 2 rings (SSSR count). The van der Waals surface area contributed by atoms with E-state index in [2.05, 4.69) is 0 Å². The Hall–Kier alpha value is 0.240. The molecule has 0 spiro atoms. The Morgan fingerprint density at radius 2 is 1.67 bits per heavy atom. The molecule has 2 nitrogen and oxygen atoms in total. The van der Waals surface area contributed by atoms with Gasteiger partial charge in [-0.05, 0) is 31.6 Å². The van der Waals surface area contributed by atoms with Gasteiger partial charge in [-0.25, -0.2) is 8.42 Å². The van der Waals surface area contributed by atoms with Gasteiger partial charge in [0.1, 0.15) is 0 Å². The molecule has 0 amide bonds. The van der Waals surface area contributed by atoms with Gasteiger partial charge in [-0.15, -0.1) is 11.6 Å². The van der Waals surface area contributed by atoms with Crippen molar-refractivity contribution in [3.05, 3.63) is 0 Å². The van der Waals surface area contributed by atoms with E-state index in [0.717, 1.165) is 25.7 Å². The molecular formula is C8H13ClO2S. The van der Waals surface area contributed by atoms with Crippen LogP contribution >= 0.6 is 11.6 Å². The highest BCUT2D eigenvalue weighted by Crippen LogP contribution is 2.41.